The van der Waals surface area contributed by atoms with Gasteiger partial charge in [-0.25, -0.2) is 0 Å². The topological polar surface area (TPSA) is 17.1 Å². The standard InChI is InChI=1S/C12H14Br2O/c1-3-12(15)11(14)7-9-5-4-8(2)10(13)6-9/h4-6,11H,3,7H2,1-2H3. The molecule has 3 heteroatoms. The highest BCUT2D eigenvalue weighted by molar-refractivity contribution is 9.10. The van der Waals surface area contributed by atoms with E-state index in [4.69, 9.17) is 0 Å². The summed E-state index contributed by atoms with van der Waals surface area (Å²) >= 11 is 6.91. The van der Waals surface area contributed by atoms with Gasteiger partial charge in [0.1, 0.15) is 5.78 Å². The highest BCUT2D eigenvalue weighted by Gasteiger charge is 2.13. The van der Waals surface area contributed by atoms with Gasteiger partial charge in [-0.05, 0) is 30.5 Å². The van der Waals surface area contributed by atoms with E-state index in [1.807, 2.05) is 6.92 Å². The van der Waals surface area contributed by atoms with Gasteiger partial charge in [0.2, 0.25) is 0 Å². The number of aryl methyl sites for hydroxylation is 1. The number of alkyl halides is 1. The third-order valence-corrected chi connectivity index (χ3v) is 4.04. The fourth-order valence-corrected chi connectivity index (χ4v) is 2.43. The molecule has 1 unspecified atom stereocenters. The molecule has 0 amide bonds. The van der Waals surface area contributed by atoms with Gasteiger partial charge in [-0.15, -0.1) is 0 Å². The first-order valence-electron chi connectivity index (χ1n) is 4.96. The van der Waals surface area contributed by atoms with Gasteiger partial charge in [0.25, 0.3) is 0 Å². The van der Waals surface area contributed by atoms with Crippen LogP contribution in [0.1, 0.15) is 24.5 Å². The maximum atomic E-state index is 11.4. The number of benzene rings is 1. The molecule has 0 aliphatic heterocycles. The molecule has 0 saturated heterocycles. The molecule has 0 saturated carbocycles. The number of halogens is 2. The zero-order valence-electron chi connectivity index (χ0n) is 8.89. The van der Waals surface area contributed by atoms with Crippen molar-refractivity contribution in [2.75, 3.05) is 0 Å². The van der Waals surface area contributed by atoms with Crippen molar-refractivity contribution >= 4 is 37.6 Å². The summed E-state index contributed by atoms with van der Waals surface area (Å²) in [5.41, 5.74) is 2.39. The molecule has 1 aromatic rings. The first kappa shape index (κ1) is 12.9. The van der Waals surface area contributed by atoms with Gasteiger partial charge in [-0.1, -0.05) is 50.9 Å². The molecule has 1 rings (SSSR count). The normalized spacial score (nSPS) is 12.5. The predicted octanol–water partition coefficient (Wildman–Crippen LogP) is 4.04. The molecule has 0 aliphatic rings. The van der Waals surface area contributed by atoms with Crippen LogP contribution in [0, 0.1) is 6.92 Å². The van der Waals surface area contributed by atoms with Crippen LogP contribution in [-0.4, -0.2) is 10.6 Å². The number of ketones is 1. The molecular weight excluding hydrogens is 320 g/mol. The minimum absolute atomic E-state index is 0.0582. The SMILES string of the molecule is CCC(=O)C(Br)Cc1ccc(C)c(Br)c1. The van der Waals surface area contributed by atoms with Gasteiger partial charge in [-0.3, -0.25) is 4.79 Å². The molecule has 0 spiro atoms. The van der Waals surface area contributed by atoms with Gasteiger partial charge < -0.3 is 0 Å². The molecule has 0 N–H and O–H groups in total. The average Bonchev–Trinajstić information content (AvgIpc) is 2.22. The number of hydrogen-bond acceptors (Lipinski definition) is 1. The molecule has 0 heterocycles. The number of carbonyl (C=O) groups excluding carboxylic acids is 1. The summed E-state index contributed by atoms with van der Waals surface area (Å²) in [7, 11) is 0. The summed E-state index contributed by atoms with van der Waals surface area (Å²) in [5, 5.41) is 0. The Labute approximate surface area is 108 Å². The van der Waals surface area contributed by atoms with Crippen LogP contribution in [0.3, 0.4) is 0 Å². The van der Waals surface area contributed by atoms with E-state index in [0.29, 0.717) is 6.42 Å². The second kappa shape index (κ2) is 5.80. The maximum Gasteiger partial charge on any atom is 0.146 e. The fourth-order valence-electron chi connectivity index (χ4n) is 1.31. The zero-order valence-corrected chi connectivity index (χ0v) is 12.1. The van der Waals surface area contributed by atoms with Gasteiger partial charge in [0.05, 0.1) is 4.83 Å². The van der Waals surface area contributed by atoms with Crippen molar-refractivity contribution in [1.29, 1.82) is 0 Å². The van der Waals surface area contributed by atoms with Crippen LogP contribution < -0.4 is 0 Å². The lowest BCUT2D eigenvalue weighted by Crippen LogP contribution is -2.15. The Bertz CT molecular complexity index is 361. The Morgan fingerprint density at radius 2 is 2.13 bits per heavy atom. The van der Waals surface area contributed by atoms with Crippen LogP contribution in [0.5, 0.6) is 0 Å². The monoisotopic (exact) mass is 332 g/mol. The summed E-state index contributed by atoms with van der Waals surface area (Å²) in [6.45, 7) is 3.94. The molecule has 0 radical (unpaired) electrons. The average molecular weight is 334 g/mol. The summed E-state index contributed by atoms with van der Waals surface area (Å²) in [6.07, 6.45) is 1.34. The predicted molar refractivity (Wildman–Crippen MR) is 70.6 cm³/mol. The van der Waals surface area contributed by atoms with Crippen molar-refractivity contribution in [3.05, 3.63) is 33.8 Å². The first-order valence-corrected chi connectivity index (χ1v) is 6.67. The molecule has 0 aliphatic carbocycles. The second-order valence-corrected chi connectivity index (χ2v) is 5.53. The smallest absolute Gasteiger partial charge is 0.146 e. The van der Waals surface area contributed by atoms with Crippen LogP contribution in [0.2, 0.25) is 0 Å². The van der Waals surface area contributed by atoms with Crippen LogP contribution >= 0.6 is 31.9 Å². The van der Waals surface area contributed by atoms with Crippen LogP contribution in [0.15, 0.2) is 22.7 Å². The minimum atomic E-state index is -0.0582. The molecule has 1 atom stereocenters. The van der Waals surface area contributed by atoms with Gasteiger partial charge in [0.15, 0.2) is 0 Å². The van der Waals surface area contributed by atoms with Crippen LogP contribution in [0.4, 0.5) is 0 Å². The Morgan fingerprint density at radius 1 is 1.47 bits per heavy atom. The molecule has 0 aromatic heterocycles. The minimum Gasteiger partial charge on any atom is -0.298 e. The van der Waals surface area contributed by atoms with Gasteiger partial charge in [-0.2, -0.15) is 0 Å². The van der Waals surface area contributed by atoms with Crippen molar-refractivity contribution in [3.8, 4) is 0 Å². The van der Waals surface area contributed by atoms with Gasteiger partial charge in [0, 0.05) is 10.9 Å². The zero-order chi connectivity index (χ0) is 11.4. The molecule has 15 heavy (non-hydrogen) atoms. The lowest BCUT2D eigenvalue weighted by Gasteiger charge is -2.08. The van der Waals surface area contributed by atoms with E-state index in [9.17, 15) is 4.79 Å². The van der Waals surface area contributed by atoms with Crippen molar-refractivity contribution in [2.24, 2.45) is 0 Å². The summed E-state index contributed by atoms with van der Waals surface area (Å²) < 4.78 is 1.10. The molecular formula is C12H14Br2O. The lowest BCUT2D eigenvalue weighted by atomic mass is 10.1. The second-order valence-electron chi connectivity index (χ2n) is 3.58. The Balaban J connectivity index is 2.73. The van der Waals surface area contributed by atoms with Crippen LogP contribution in [-0.2, 0) is 11.2 Å². The lowest BCUT2D eigenvalue weighted by molar-refractivity contribution is -0.118. The van der Waals surface area contributed by atoms with E-state index >= 15 is 0 Å². The summed E-state index contributed by atoms with van der Waals surface area (Å²) in [6, 6.07) is 6.21. The number of hydrogen-bond donors (Lipinski definition) is 0. The van der Waals surface area contributed by atoms with E-state index < -0.39 is 0 Å². The quantitative estimate of drug-likeness (QED) is 0.760. The maximum absolute atomic E-state index is 11.4. The fraction of sp³-hybridized carbons (Fsp3) is 0.417. The first-order chi connectivity index (χ1) is 7.04. The van der Waals surface area contributed by atoms with Crippen molar-refractivity contribution in [1.82, 2.24) is 0 Å². The van der Waals surface area contributed by atoms with E-state index in [1.165, 1.54) is 11.1 Å². The molecule has 0 bridgehead atoms. The highest BCUT2D eigenvalue weighted by Crippen LogP contribution is 2.20. The summed E-state index contributed by atoms with van der Waals surface area (Å²) in [5.74, 6) is 0.256. The summed E-state index contributed by atoms with van der Waals surface area (Å²) in [4.78, 5) is 11.4. The Kier molecular flexibility index (Phi) is 5.00. The third-order valence-electron chi connectivity index (χ3n) is 2.35. The Hall–Kier alpha value is -0.150. The largest absolute Gasteiger partial charge is 0.298 e. The molecule has 1 aromatic carbocycles. The van der Waals surface area contributed by atoms with Crippen molar-refractivity contribution < 1.29 is 4.79 Å². The van der Waals surface area contributed by atoms with Crippen LogP contribution in [0.25, 0.3) is 0 Å². The Morgan fingerprint density at radius 3 is 2.67 bits per heavy atom. The third kappa shape index (κ3) is 3.72. The van der Waals surface area contributed by atoms with Crippen molar-refractivity contribution in [2.45, 2.75) is 31.5 Å². The van der Waals surface area contributed by atoms with E-state index in [-0.39, 0.29) is 10.6 Å². The van der Waals surface area contributed by atoms with E-state index in [1.54, 1.807) is 0 Å². The number of carbonyl (C=O) groups is 1. The van der Waals surface area contributed by atoms with E-state index in [0.717, 1.165) is 10.9 Å². The molecule has 0 fully saturated rings. The van der Waals surface area contributed by atoms with Gasteiger partial charge >= 0.3 is 0 Å². The van der Waals surface area contributed by atoms with E-state index in [2.05, 4.69) is 57.0 Å². The molecule has 1 nitrogen and oxygen atoms in total. The highest BCUT2D eigenvalue weighted by atomic mass is 79.9. The number of Topliss-reactive ketones (excluding diaryl/α,β-unsaturated/α-hetero) is 1. The van der Waals surface area contributed by atoms with Crippen molar-refractivity contribution in [3.63, 3.8) is 0 Å². The molecule has 82 valence electrons. The number of rotatable bonds is 4.